The minimum absolute atomic E-state index is 0.0438. The first kappa shape index (κ1) is 14.1. The minimum atomic E-state index is -0.986. The zero-order chi connectivity index (χ0) is 14.9. The number of hydrogen-bond acceptors (Lipinski definition) is 2. The lowest BCUT2D eigenvalue weighted by atomic mass is 10.1. The summed E-state index contributed by atoms with van der Waals surface area (Å²) in [6.07, 6.45) is 1.75. The Morgan fingerprint density at radius 3 is 2.60 bits per heavy atom. The number of carboxylic acids is 1. The van der Waals surface area contributed by atoms with Crippen molar-refractivity contribution in [3.8, 4) is 0 Å². The number of rotatable bonds is 4. The number of likely N-dealkylation sites (N-methyl/N-ethyl adjacent to an activating group) is 1. The van der Waals surface area contributed by atoms with E-state index in [2.05, 4.69) is 0 Å². The summed E-state index contributed by atoms with van der Waals surface area (Å²) >= 11 is 0. The first-order chi connectivity index (χ1) is 9.41. The molecule has 5 nitrogen and oxygen atoms in total. The van der Waals surface area contributed by atoms with Crippen LogP contribution in [0.15, 0.2) is 30.5 Å². The molecule has 0 aliphatic heterocycles. The molecule has 0 saturated carbocycles. The first-order valence-corrected chi connectivity index (χ1v) is 6.48. The van der Waals surface area contributed by atoms with Gasteiger partial charge >= 0.3 is 5.97 Å². The average Bonchev–Trinajstić information content (AvgIpc) is 2.80. The summed E-state index contributed by atoms with van der Waals surface area (Å²) in [6, 6.07) is 7.04. The van der Waals surface area contributed by atoms with Gasteiger partial charge in [0.1, 0.15) is 6.54 Å². The van der Waals surface area contributed by atoms with Crippen LogP contribution in [0.1, 0.15) is 24.2 Å². The highest BCUT2D eigenvalue weighted by molar-refractivity contribution is 6.02. The summed E-state index contributed by atoms with van der Waals surface area (Å²) in [5.41, 5.74) is 0.804. The molecule has 0 unspecified atom stereocenters. The highest BCUT2D eigenvalue weighted by Gasteiger charge is 2.16. The van der Waals surface area contributed by atoms with Crippen LogP contribution in [0.2, 0.25) is 0 Å². The molecule has 0 aliphatic carbocycles. The maximum Gasteiger partial charge on any atom is 0.337 e. The van der Waals surface area contributed by atoms with Crippen LogP contribution in [0.4, 0.5) is 0 Å². The van der Waals surface area contributed by atoms with Gasteiger partial charge in [0.2, 0.25) is 5.91 Å². The van der Waals surface area contributed by atoms with E-state index < -0.39 is 5.97 Å². The highest BCUT2D eigenvalue weighted by atomic mass is 16.4. The van der Waals surface area contributed by atoms with E-state index in [4.69, 9.17) is 0 Å². The van der Waals surface area contributed by atoms with Gasteiger partial charge in [0.25, 0.3) is 0 Å². The van der Waals surface area contributed by atoms with Crippen molar-refractivity contribution in [2.75, 3.05) is 7.05 Å². The molecule has 20 heavy (non-hydrogen) atoms. The minimum Gasteiger partial charge on any atom is -0.478 e. The number of carboxylic acid groups (broad SMARTS) is 1. The maximum absolute atomic E-state index is 12.1. The predicted octanol–water partition coefficient (Wildman–Crippen LogP) is 2.21. The van der Waals surface area contributed by atoms with Crippen molar-refractivity contribution in [3.05, 3.63) is 36.0 Å². The molecule has 2 rings (SSSR count). The van der Waals surface area contributed by atoms with Gasteiger partial charge in [0.05, 0.1) is 11.1 Å². The third-order valence-corrected chi connectivity index (χ3v) is 3.49. The number of nitrogens with zero attached hydrogens (tertiary/aromatic N) is 2. The quantitative estimate of drug-likeness (QED) is 0.929. The lowest BCUT2D eigenvalue weighted by Crippen LogP contribution is -2.35. The van der Waals surface area contributed by atoms with Crippen LogP contribution >= 0.6 is 0 Å². The number of aromatic carboxylic acids is 1. The molecule has 1 heterocycles. The molecule has 0 atom stereocenters. The van der Waals surface area contributed by atoms with Gasteiger partial charge in [-0.25, -0.2) is 4.79 Å². The molecule has 2 aromatic rings. The van der Waals surface area contributed by atoms with Gasteiger partial charge in [-0.3, -0.25) is 4.79 Å². The third kappa shape index (κ3) is 2.52. The maximum atomic E-state index is 12.1. The van der Waals surface area contributed by atoms with Crippen LogP contribution in [-0.2, 0) is 11.3 Å². The topological polar surface area (TPSA) is 62.5 Å². The number of aromatic nitrogens is 1. The van der Waals surface area contributed by atoms with E-state index in [1.165, 1.54) is 0 Å². The Hall–Kier alpha value is -2.30. The summed E-state index contributed by atoms with van der Waals surface area (Å²) in [6.45, 7) is 4.02. The Bertz CT molecular complexity index is 658. The van der Waals surface area contributed by atoms with Crippen molar-refractivity contribution in [2.24, 2.45) is 0 Å². The van der Waals surface area contributed by atoms with E-state index in [1.54, 1.807) is 34.8 Å². The molecule has 106 valence electrons. The van der Waals surface area contributed by atoms with Gasteiger partial charge in [-0.15, -0.1) is 0 Å². The molecule has 0 radical (unpaired) electrons. The fraction of sp³-hybridized carbons (Fsp3) is 0.333. The Balaban J connectivity index is 2.41. The molecule has 1 N–H and O–H groups in total. The summed E-state index contributed by atoms with van der Waals surface area (Å²) in [5.74, 6) is -1.03. The number of amides is 1. The fourth-order valence-corrected chi connectivity index (χ4v) is 2.11. The fourth-order valence-electron chi connectivity index (χ4n) is 2.11. The summed E-state index contributed by atoms with van der Waals surface area (Å²) in [7, 11) is 1.75. The Labute approximate surface area is 117 Å². The van der Waals surface area contributed by atoms with Crippen molar-refractivity contribution in [1.82, 2.24) is 9.47 Å². The van der Waals surface area contributed by atoms with Crippen LogP contribution in [0.25, 0.3) is 10.9 Å². The summed E-state index contributed by atoms with van der Waals surface area (Å²) in [4.78, 5) is 25.1. The summed E-state index contributed by atoms with van der Waals surface area (Å²) in [5, 5.41) is 10.1. The molecule has 1 amide bonds. The van der Waals surface area contributed by atoms with Crippen molar-refractivity contribution in [1.29, 1.82) is 0 Å². The van der Waals surface area contributed by atoms with Crippen molar-refractivity contribution >= 4 is 22.8 Å². The number of carbonyl (C=O) groups is 2. The van der Waals surface area contributed by atoms with Gasteiger partial charge in [-0.05, 0) is 26.0 Å². The number of benzene rings is 1. The summed E-state index contributed by atoms with van der Waals surface area (Å²) < 4.78 is 1.69. The smallest absolute Gasteiger partial charge is 0.337 e. The second-order valence-corrected chi connectivity index (χ2v) is 5.09. The number of hydrogen-bond donors (Lipinski definition) is 1. The Kier molecular flexibility index (Phi) is 3.79. The third-order valence-electron chi connectivity index (χ3n) is 3.49. The SMILES string of the molecule is CC(C)N(C)C(=O)Cn1ccc2cccc(C(=O)O)c21. The van der Waals surface area contributed by atoms with Gasteiger partial charge in [0, 0.05) is 24.7 Å². The zero-order valence-corrected chi connectivity index (χ0v) is 11.8. The molecule has 1 aromatic heterocycles. The Morgan fingerprint density at radius 1 is 1.30 bits per heavy atom. The standard InChI is InChI=1S/C15H18N2O3/c1-10(2)16(3)13(18)9-17-8-7-11-5-4-6-12(14(11)17)15(19)20/h4-8,10H,9H2,1-3H3,(H,19,20). The van der Waals surface area contributed by atoms with Crippen LogP contribution in [-0.4, -0.2) is 39.5 Å². The van der Waals surface area contributed by atoms with Crippen molar-refractivity contribution in [2.45, 2.75) is 26.4 Å². The van der Waals surface area contributed by atoms with Gasteiger partial charge in [-0.2, -0.15) is 0 Å². The van der Waals surface area contributed by atoms with Gasteiger partial charge < -0.3 is 14.6 Å². The molecule has 0 saturated heterocycles. The second kappa shape index (κ2) is 5.36. The molecule has 0 bridgehead atoms. The van der Waals surface area contributed by atoms with Crippen molar-refractivity contribution < 1.29 is 14.7 Å². The lowest BCUT2D eigenvalue weighted by molar-refractivity contribution is -0.131. The second-order valence-electron chi connectivity index (χ2n) is 5.09. The molecule has 0 fully saturated rings. The first-order valence-electron chi connectivity index (χ1n) is 6.48. The number of carbonyl (C=O) groups excluding carboxylic acids is 1. The van der Waals surface area contributed by atoms with Gasteiger partial charge in [0.15, 0.2) is 0 Å². The van der Waals surface area contributed by atoms with E-state index in [0.717, 1.165) is 5.39 Å². The van der Waals surface area contributed by atoms with Crippen LogP contribution < -0.4 is 0 Å². The monoisotopic (exact) mass is 274 g/mol. The van der Waals surface area contributed by atoms with E-state index in [-0.39, 0.29) is 24.1 Å². The zero-order valence-electron chi connectivity index (χ0n) is 11.8. The molecule has 5 heteroatoms. The average molecular weight is 274 g/mol. The van der Waals surface area contributed by atoms with E-state index in [0.29, 0.717) is 5.52 Å². The van der Waals surface area contributed by atoms with E-state index in [9.17, 15) is 14.7 Å². The Morgan fingerprint density at radius 2 is 2.00 bits per heavy atom. The largest absolute Gasteiger partial charge is 0.478 e. The molecule has 0 aliphatic rings. The normalized spacial score (nSPS) is 11.0. The van der Waals surface area contributed by atoms with Gasteiger partial charge in [-0.1, -0.05) is 12.1 Å². The van der Waals surface area contributed by atoms with Crippen LogP contribution in [0.5, 0.6) is 0 Å². The number of fused-ring (bicyclic) bond motifs is 1. The predicted molar refractivity (Wildman–Crippen MR) is 76.8 cm³/mol. The number of para-hydroxylation sites is 1. The van der Waals surface area contributed by atoms with Crippen LogP contribution in [0.3, 0.4) is 0 Å². The lowest BCUT2D eigenvalue weighted by Gasteiger charge is -2.22. The van der Waals surface area contributed by atoms with E-state index >= 15 is 0 Å². The molecular weight excluding hydrogens is 256 g/mol. The van der Waals surface area contributed by atoms with Crippen LogP contribution in [0, 0.1) is 0 Å². The van der Waals surface area contributed by atoms with Crippen molar-refractivity contribution in [3.63, 3.8) is 0 Å². The highest BCUT2D eigenvalue weighted by Crippen LogP contribution is 2.20. The molecule has 0 spiro atoms. The van der Waals surface area contributed by atoms with E-state index in [1.807, 2.05) is 26.0 Å². The molecule has 1 aromatic carbocycles. The molecular formula is C15H18N2O3.